The Bertz CT molecular complexity index is 536. The lowest BCUT2D eigenvalue weighted by molar-refractivity contribution is -0.143. The van der Waals surface area contributed by atoms with Gasteiger partial charge in [-0.15, -0.1) is 0 Å². The minimum atomic E-state index is -0.759. The van der Waals surface area contributed by atoms with Gasteiger partial charge in [0.05, 0.1) is 0 Å². The van der Waals surface area contributed by atoms with E-state index < -0.39 is 12.0 Å². The van der Waals surface area contributed by atoms with Crippen LogP contribution in [0.15, 0.2) is 24.3 Å². The molecule has 1 fully saturated rings. The fraction of sp³-hybridized carbons (Fsp3) is 0.529. The lowest BCUT2D eigenvalue weighted by atomic mass is 10.0. The number of carboxylic acid groups (broad SMARTS) is 1. The van der Waals surface area contributed by atoms with Crippen LogP contribution in [0.3, 0.4) is 0 Å². The molecule has 22 heavy (non-hydrogen) atoms. The molecule has 0 bridgehead atoms. The van der Waals surface area contributed by atoms with Crippen molar-refractivity contribution in [1.82, 2.24) is 10.2 Å². The minimum Gasteiger partial charge on any atom is -0.480 e. The van der Waals surface area contributed by atoms with Crippen LogP contribution < -0.4 is 5.32 Å². The third-order valence-corrected chi connectivity index (χ3v) is 4.37. The second-order valence-electron chi connectivity index (χ2n) is 5.86. The molecule has 1 atom stereocenters. The van der Waals surface area contributed by atoms with E-state index in [-0.39, 0.29) is 11.9 Å². The molecule has 2 rings (SSSR count). The number of hydrogen-bond acceptors (Lipinski definition) is 3. The Morgan fingerprint density at radius 3 is 2.50 bits per heavy atom. The summed E-state index contributed by atoms with van der Waals surface area (Å²) in [4.78, 5) is 25.5. The number of nitrogens with one attached hydrogen (secondary N) is 1. The van der Waals surface area contributed by atoms with Crippen molar-refractivity contribution in [2.75, 3.05) is 13.1 Å². The van der Waals surface area contributed by atoms with Crippen LogP contribution in [0.2, 0.25) is 0 Å². The highest BCUT2D eigenvalue weighted by Gasteiger charge is 2.29. The Balaban J connectivity index is 1.89. The van der Waals surface area contributed by atoms with Gasteiger partial charge >= 0.3 is 5.97 Å². The van der Waals surface area contributed by atoms with Gasteiger partial charge in [0.25, 0.3) is 5.91 Å². The summed E-state index contributed by atoms with van der Waals surface area (Å²) in [5.74, 6) is -0.799. The first-order valence-corrected chi connectivity index (χ1v) is 7.86. The molecule has 1 aromatic carbocycles. The van der Waals surface area contributed by atoms with Crippen molar-refractivity contribution in [2.24, 2.45) is 0 Å². The molecule has 120 valence electrons. The second-order valence-corrected chi connectivity index (χ2v) is 5.86. The fourth-order valence-electron chi connectivity index (χ4n) is 3.04. The molecule has 0 saturated carbocycles. The lowest BCUT2D eigenvalue weighted by Crippen LogP contribution is -2.50. The Morgan fingerprint density at radius 2 is 1.95 bits per heavy atom. The summed E-state index contributed by atoms with van der Waals surface area (Å²) in [6.45, 7) is 5.24. The standard InChI is InChI=1S/C17H24N2O3/c1-3-15(17(21)22)19-10-8-13(9-11-19)18-16(20)14-7-5-4-6-12(14)2/h4-7,13,15H,3,8-11H2,1-2H3,(H,18,20)(H,21,22). The molecule has 1 aliphatic rings. The smallest absolute Gasteiger partial charge is 0.320 e. The van der Waals surface area contributed by atoms with Crippen LogP contribution in [0, 0.1) is 6.92 Å². The highest BCUT2D eigenvalue weighted by atomic mass is 16.4. The summed E-state index contributed by atoms with van der Waals surface area (Å²) in [5.41, 5.74) is 1.68. The van der Waals surface area contributed by atoms with Gasteiger partial charge in [0.15, 0.2) is 0 Å². The predicted molar refractivity (Wildman–Crippen MR) is 85.0 cm³/mol. The monoisotopic (exact) mass is 304 g/mol. The number of piperidine rings is 1. The molecule has 5 nitrogen and oxygen atoms in total. The SMILES string of the molecule is CCC(C(=O)O)N1CCC(NC(=O)c2ccccc2C)CC1. The van der Waals surface area contributed by atoms with E-state index in [1.54, 1.807) is 0 Å². The largest absolute Gasteiger partial charge is 0.480 e. The molecule has 1 amide bonds. The summed E-state index contributed by atoms with van der Waals surface area (Å²) in [7, 11) is 0. The summed E-state index contributed by atoms with van der Waals surface area (Å²) < 4.78 is 0. The molecule has 1 aliphatic heterocycles. The maximum atomic E-state index is 12.3. The quantitative estimate of drug-likeness (QED) is 0.873. The van der Waals surface area contributed by atoms with Crippen molar-refractivity contribution in [3.8, 4) is 0 Å². The molecule has 5 heteroatoms. The summed E-state index contributed by atoms with van der Waals surface area (Å²) in [5, 5.41) is 12.3. The Hall–Kier alpha value is -1.88. The number of aryl methyl sites for hydroxylation is 1. The Kier molecular flexibility index (Phi) is 5.55. The van der Waals surface area contributed by atoms with Gasteiger partial charge in [-0.3, -0.25) is 14.5 Å². The number of amides is 1. The minimum absolute atomic E-state index is 0.0400. The zero-order valence-electron chi connectivity index (χ0n) is 13.2. The number of nitrogens with zero attached hydrogens (tertiary/aromatic N) is 1. The molecule has 1 aromatic rings. The normalized spacial score (nSPS) is 17.9. The zero-order valence-corrected chi connectivity index (χ0v) is 13.2. The van der Waals surface area contributed by atoms with E-state index in [2.05, 4.69) is 5.32 Å². The van der Waals surface area contributed by atoms with E-state index in [4.69, 9.17) is 0 Å². The van der Waals surface area contributed by atoms with Gasteiger partial charge in [0, 0.05) is 24.7 Å². The molecule has 0 aromatic heterocycles. The maximum absolute atomic E-state index is 12.3. The van der Waals surface area contributed by atoms with Crippen LogP contribution in [0.25, 0.3) is 0 Å². The number of carboxylic acids is 1. The van der Waals surface area contributed by atoms with Gasteiger partial charge in [-0.2, -0.15) is 0 Å². The van der Waals surface area contributed by atoms with Gasteiger partial charge in [-0.1, -0.05) is 25.1 Å². The molecule has 0 spiro atoms. The van der Waals surface area contributed by atoms with Crippen molar-refractivity contribution in [2.45, 2.75) is 45.2 Å². The Morgan fingerprint density at radius 1 is 1.32 bits per heavy atom. The third-order valence-electron chi connectivity index (χ3n) is 4.37. The van der Waals surface area contributed by atoms with E-state index in [1.165, 1.54) is 0 Å². The van der Waals surface area contributed by atoms with Crippen molar-refractivity contribution in [3.05, 3.63) is 35.4 Å². The molecule has 1 unspecified atom stereocenters. The molecule has 0 aliphatic carbocycles. The summed E-state index contributed by atoms with van der Waals surface area (Å²) in [6.07, 6.45) is 2.19. The molecular weight excluding hydrogens is 280 g/mol. The number of benzene rings is 1. The third kappa shape index (κ3) is 3.85. The van der Waals surface area contributed by atoms with Gasteiger partial charge in [-0.05, 0) is 37.8 Å². The fourth-order valence-corrected chi connectivity index (χ4v) is 3.04. The average Bonchev–Trinajstić information content (AvgIpc) is 2.49. The van der Waals surface area contributed by atoms with Gasteiger partial charge in [0.2, 0.25) is 0 Å². The predicted octanol–water partition coefficient (Wildman–Crippen LogP) is 2.05. The van der Waals surface area contributed by atoms with E-state index in [0.717, 1.165) is 18.4 Å². The first-order valence-electron chi connectivity index (χ1n) is 7.86. The first-order chi connectivity index (χ1) is 10.5. The van der Waals surface area contributed by atoms with Gasteiger partial charge < -0.3 is 10.4 Å². The summed E-state index contributed by atoms with van der Waals surface area (Å²) in [6, 6.07) is 7.25. The topological polar surface area (TPSA) is 69.6 Å². The number of hydrogen-bond donors (Lipinski definition) is 2. The molecule has 1 saturated heterocycles. The number of carbonyl (C=O) groups excluding carboxylic acids is 1. The average molecular weight is 304 g/mol. The molecule has 1 heterocycles. The van der Waals surface area contributed by atoms with Crippen LogP contribution in [-0.4, -0.2) is 47.1 Å². The van der Waals surface area contributed by atoms with Gasteiger partial charge in [0.1, 0.15) is 6.04 Å². The van der Waals surface area contributed by atoms with E-state index in [0.29, 0.717) is 25.1 Å². The molecule has 0 radical (unpaired) electrons. The van der Waals surface area contributed by atoms with E-state index in [1.807, 2.05) is 43.0 Å². The van der Waals surface area contributed by atoms with Crippen molar-refractivity contribution < 1.29 is 14.7 Å². The number of carbonyl (C=O) groups is 2. The van der Waals surface area contributed by atoms with Crippen LogP contribution in [-0.2, 0) is 4.79 Å². The van der Waals surface area contributed by atoms with Crippen molar-refractivity contribution in [1.29, 1.82) is 0 Å². The highest BCUT2D eigenvalue weighted by Crippen LogP contribution is 2.16. The number of aliphatic carboxylic acids is 1. The van der Waals surface area contributed by atoms with Crippen molar-refractivity contribution in [3.63, 3.8) is 0 Å². The second kappa shape index (κ2) is 7.40. The maximum Gasteiger partial charge on any atom is 0.320 e. The van der Waals surface area contributed by atoms with Crippen LogP contribution in [0.1, 0.15) is 42.1 Å². The summed E-state index contributed by atoms with van der Waals surface area (Å²) >= 11 is 0. The zero-order chi connectivity index (χ0) is 16.1. The lowest BCUT2D eigenvalue weighted by Gasteiger charge is -2.35. The highest BCUT2D eigenvalue weighted by molar-refractivity contribution is 5.95. The van der Waals surface area contributed by atoms with Crippen molar-refractivity contribution >= 4 is 11.9 Å². The first kappa shape index (κ1) is 16.5. The molecular formula is C17H24N2O3. The van der Waals surface area contributed by atoms with E-state index >= 15 is 0 Å². The number of rotatable bonds is 5. The number of likely N-dealkylation sites (tertiary alicyclic amines) is 1. The Labute approximate surface area is 131 Å². The molecule has 2 N–H and O–H groups in total. The van der Waals surface area contributed by atoms with Crippen LogP contribution in [0.4, 0.5) is 0 Å². The van der Waals surface area contributed by atoms with Crippen LogP contribution in [0.5, 0.6) is 0 Å². The van der Waals surface area contributed by atoms with Gasteiger partial charge in [-0.25, -0.2) is 0 Å². The van der Waals surface area contributed by atoms with E-state index in [9.17, 15) is 14.7 Å². The van der Waals surface area contributed by atoms with Crippen LogP contribution >= 0.6 is 0 Å².